The molecule has 0 spiro atoms. The molecular weight excluding hydrogens is 150 g/mol. The average molecular weight is 159 g/mol. The summed E-state index contributed by atoms with van der Waals surface area (Å²) in [6.45, 7) is 2.24. The molecule has 56 valence electrons. The van der Waals surface area contributed by atoms with Crippen LogP contribution in [0.1, 0.15) is 6.92 Å². The number of rotatable bonds is 2. The molecule has 1 atom stereocenters. The number of hydrogen-bond acceptors (Lipinski definition) is 4. The Bertz CT molecular complexity index is 158. The molecule has 1 aliphatic rings. The summed E-state index contributed by atoms with van der Waals surface area (Å²) in [4.78, 5) is 14.8. The van der Waals surface area contributed by atoms with Crippen molar-refractivity contribution in [2.75, 3.05) is 12.4 Å². The summed E-state index contributed by atoms with van der Waals surface area (Å²) < 4.78 is 4.76. The van der Waals surface area contributed by atoms with E-state index in [2.05, 4.69) is 4.99 Å². The van der Waals surface area contributed by atoms with Crippen molar-refractivity contribution in [1.82, 2.24) is 0 Å². The van der Waals surface area contributed by atoms with Gasteiger partial charge in [0.15, 0.2) is 6.04 Å². The van der Waals surface area contributed by atoms with Gasteiger partial charge >= 0.3 is 5.97 Å². The minimum absolute atomic E-state index is 0.205. The fraction of sp³-hybridized carbons (Fsp3) is 0.667. The van der Waals surface area contributed by atoms with Crippen molar-refractivity contribution in [3.05, 3.63) is 0 Å². The first-order valence-electron chi connectivity index (χ1n) is 3.14. The maximum absolute atomic E-state index is 10.9. The van der Waals surface area contributed by atoms with E-state index in [1.165, 1.54) is 0 Å². The van der Waals surface area contributed by atoms with Gasteiger partial charge in [-0.1, -0.05) is 0 Å². The average Bonchev–Trinajstić information content (AvgIpc) is 2.38. The van der Waals surface area contributed by atoms with Crippen LogP contribution in [0.3, 0.4) is 0 Å². The van der Waals surface area contributed by atoms with Crippen LogP contribution in [0.25, 0.3) is 0 Å². The van der Waals surface area contributed by atoms with Gasteiger partial charge in [-0.05, 0) is 6.92 Å². The molecule has 0 radical (unpaired) electrons. The number of carbonyl (C=O) groups excluding carboxylic acids is 1. The largest absolute Gasteiger partial charge is 0.464 e. The highest BCUT2D eigenvalue weighted by Crippen LogP contribution is 2.11. The second-order valence-corrected chi connectivity index (χ2v) is 2.73. The van der Waals surface area contributed by atoms with E-state index in [1.807, 2.05) is 0 Å². The lowest BCUT2D eigenvalue weighted by Gasteiger charge is -2.03. The highest BCUT2D eigenvalue weighted by Gasteiger charge is 2.20. The van der Waals surface area contributed by atoms with Crippen LogP contribution in [0, 0.1) is 0 Å². The van der Waals surface area contributed by atoms with Gasteiger partial charge in [-0.2, -0.15) is 0 Å². The molecule has 0 N–H and O–H groups in total. The SMILES string of the molecule is CCOC(=O)[C@H]1CSC=N1. The predicted octanol–water partition coefficient (Wildman–Crippen LogP) is 0.693. The van der Waals surface area contributed by atoms with Gasteiger partial charge in [0.25, 0.3) is 0 Å². The lowest BCUT2D eigenvalue weighted by Crippen LogP contribution is -2.21. The van der Waals surface area contributed by atoms with Crippen LogP contribution in [0.2, 0.25) is 0 Å². The third-order valence-corrected chi connectivity index (χ3v) is 1.91. The van der Waals surface area contributed by atoms with Gasteiger partial charge in [0.05, 0.1) is 12.2 Å². The van der Waals surface area contributed by atoms with Crippen LogP contribution in [-0.2, 0) is 9.53 Å². The van der Waals surface area contributed by atoms with Crippen molar-refractivity contribution in [2.45, 2.75) is 13.0 Å². The van der Waals surface area contributed by atoms with Gasteiger partial charge in [-0.3, -0.25) is 4.99 Å². The molecule has 0 aromatic heterocycles. The molecular formula is C6H9NO2S. The van der Waals surface area contributed by atoms with Gasteiger partial charge in [-0.25, -0.2) is 4.79 Å². The molecule has 0 saturated heterocycles. The Kier molecular flexibility index (Phi) is 2.74. The van der Waals surface area contributed by atoms with Crippen molar-refractivity contribution in [3.8, 4) is 0 Å². The third-order valence-electron chi connectivity index (χ3n) is 1.13. The van der Waals surface area contributed by atoms with Crippen LogP contribution in [0.4, 0.5) is 0 Å². The smallest absolute Gasteiger partial charge is 0.331 e. The number of thioether (sulfide) groups is 1. The zero-order valence-electron chi connectivity index (χ0n) is 5.74. The Morgan fingerprint density at radius 2 is 2.80 bits per heavy atom. The van der Waals surface area contributed by atoms with Crippen molar-refractivity contribution in [3.63, 3.8) is 0 Å². The Morgan fingerprint density at radius 3 is 3.30 bits per heavy atom. The summed E-state index contributed by atoms with van der Waals surface area (Å²) in [5, 5.41) is 0. The molecule has 0 amide bonds. The topological polar surface area (TPSA) is 38.7 Å². The summed E-state index contributed by atoms with van der Waals surface area (Å²) in [6.07, 6.45) is 0. The quantitative estimate of drug-likeness (QED) is 0.556. The Balaban J connectivity index is 2.33. The van der Waals surface area contributed by atoms with E-state index < -0.39 is 0 Å². The van der Waals surface area contributed by atoms with E-state index >= 15 is 0 Å². The molecule has 0 aromatic rings. The molecule has 0 saturated carbocycles. The fourth-order valence-electron chi connectivity index (χ4n) is 0.661. The number of aliphatic imine (C=N–C) groups is 1. The molecule has 1 rings (SSSR count). The van der Waals surface area contributed by atoms with Crippen LogP contribution in [-0.4, -0.2) is 29.9 Å². The molecule has 0 bridgehead atoms. The van der Waals surface area contributed by atoms with Gasteiger partial charge in [0.1, 0.15) is 0 Å². The minimum Gasteiger partial charge on any atom is -0.464 e. The molecule has 3 nitrogen and oxygen atoms in total. The summed E-state index contributed by atoms with van der Waals surface area (Å²) in [5.74, 6) is 0.530. The zero-order chi connectivity index (χ0) is 7.40. The zero-order valence-corrected chi connectivity index (χ0v) is 6.56. The molecule has 4 heteroatoms. The lowest BCUT2D eigenvalue weighted by atomic mass is 10.4. The third kappa shape index (κ3) is 1.73. The molecule has 0 unspecified atom stereocenters. The van der Waals surface area contributed by atoms with Gasteiger partial charge < -0.3 is 4.74 Å². The predicted molar refractivity (Wildman–Crippen MR) is 41.4 cm³/mol. The lowest BCUT2D eigenvalue weighted by molar-refractivity contribution is -0.143. The molecule has 0 fully saturated rings. The van der Waals surface area contributed by atoms with E-state index in [9.17, 15) is 4.79 Å². The van der Waals surface area contributed by atoms with Crippen LogP contribution >= 0.6 is 11.8 Å². The van der Waals surface area contributed by atoms with Crippen molar-refractivity contribution < 1.29 is 9.53 Å². The van der Waals surface area contributed by atoms with E-state index in [1.54, 1.807) is 24.2 Å². The van der Waals surface area contributed by atoms with E-state index in [-0.39, 0.29) is 12.0 Å². The molecule has 1 aliphatic heterocycles. The number of carbonyl (C=O) groups is 1. The number of hydrogen-bond donors (Lipinski definition) is 0. The van der Waals surface area contributed by atoms with E-state index in [4.69, 9.17) is 4.74 Å². The van der Waals surface area contributed by atoms with Crippen LogP contribution < -0.4 is 0 Å². The second kappa shape index (κ2) is 3.61. The van der Waals surface area contributed by atoms with Gasteiger partial charge in [0, 0.05) is 5.75 Å². The maximum atomic E-state index is 10.9. The Morgan fingerprint density at radius 1 is 2.00 bits per heavy atom. The monoisotopic (exact) mass is 159 g/mol. The van der Waals surface area contributed by atoms with Crippen LogP contribution in [0.5, 0.6) is 0 Å². The minimum atomic E-state index is -0.245. The summed E-state index contributed by atoms with van der Waals surface area (Å²) in [6, 6.07) is -0.245. The van der Waals surface area contributed by atoms with E-state index in [0.29, 0.717) is 6.61 Å². The van der Waals surface area contributed by atoms with Crippen molar-refractivity contribution in [2.24, 2.45) is 4.99 Å². The summed E-state index contributed by atoms with van der Waals surface area (Å²) in [5.41, 5.74) is 1.70. The normalized spacial score (nSPS) is 23.1. The number of ether oxygens (including phenoxy) is 1. The molecule has 0 aromatic carbocycles. The first-order chi connectivity index (χ1) is 4.84. The first-order valence-corrected chi connectivity index (χ1v) is 4.19. The fourth-order valence-corrected chi connectivity index (χ4v) is 1.38. The summed E-state index contributed by atoms with van der Waals surface area (Å²) in [7, 11) is 0. The van der Waals surface area contributed by atoms with Gasteiger partial charge in [-0.15, -0.1) is 11.8 Å². The highest BCUT2D eigenvalue weighted by molar-refractivity contribution is 8.12. The Hall–Kier alpha value is -0.510. The highest BCUT2D eigenvalue weighted by atomic mass is 32.2. The first kappa shape index (κ1) is 7.60. The maximum Gasteiger partial charge on any atom is 0.331 e. The van der Waals surface area contributed by atoms with Crippen molar-refractivity contribution in [1.29, 1.82) is 0 Å². The Labute approximate surface area is 63.9 Å². The second-order valence-electron chi connectivity index (χ2n) is 1.86. The summed E-state index contributed by atoms with van der Waals surface area (Å²) >= 11 is 1.54. The molecule has 10 heavy (non-hydrogen) atoms. The number of nitrogens with zero attached hydrogens (tertiary/aromatic N) is 1. The van der Waals surface area contributed by atoms with Crippen molar-refractivity contribution >= 4 is 23.3 Å². The molecule has 0 aliphatic carbocycles. The van der Waals surface area contributed by atoms with Crippen LogP contribution in [0.15, 0.2) is 4.99 Å². The van der Waals surface area contributed by atoms with Gasteiger partial charge in [0.2, 0.25) is 0 Å². The van der Waals surface area contributed by atoms with E-state index in [0.717, 1.165) is 5.75 Å². The molecule has 1 heterocycles. The number of esters is 1. The standard InChI is InChI=1S/C6H9NO2S/c1-2-9-6(8)5-3-10-4-7-5/h4-5H,2-3H2,1H3/t5-/m1/s1.